The lowest BCUT2D eigenvalue weighted by molar-refractivity contribution is -0.144. The summed E-state index contributed by atoms with van der Waals surface area (Å²) in [6.45, 7) is 2.72. The molecule has 108 valence electrons. The zero-order valence-corrected chi connectivity index (χ0v) is 11.3. The fourth-order valence-electron chi connectivity index (χ4n) is 2.38. The van der Waals surface area contributed by atoms with E-state index < -0.39 is 11.9 Å². The first-order chi connectivity index (χ1) is 9.04. The molecule has 1 rings (SSSR count). The van der Waals surface area contributed by atoms with E-state index in [1.165, 1.54) is 0 Å². The SMILES string of the molecule is CCNC(=O)CCNC(=O)C1CCCC(C(=O)O)C1. The Morgan fingerprint density at radius 2 is 1.84 bits per heavy atom. The smallest absolute Gasteiger partial charge is 0.306 e. The van der Waals surface area contributed by atoms with Crippen molar-refractivity contribution >= 4 is 17.8 Å². The van der Waals surface area contributed by atoms with Gasteiger partial charge in [0.15, 0.2) is 0 Å². The van der Waals surface area contributed by atoms with Gasteiger partial charge in [-0.05, 0) is 26.2 Å². The highest BCUT2D eigenvalue weighted by molar-refractivity contribution is 5.81. The zero-order chi connectivity index (χ0) is 14.3. The third-order valence-electron chi connectivity index (χ3n) is 3.42. The first-order valence-corrected chi connectivity index (χ1v) is 6.81. The van der Waals surface area contributed by atoms with Gasteiger partial charge in [-0.3, -0.25) is 14.4 Å². The van der Waals surface area contributed by atoms with Crippen LogP contribution in [-0.2, 0) is 14.4 Å². The molecule has 0 spiro atoms. The third kappa shape index (κ3) is 5.28. The molecule has 6 heteroatoms. The van der Waals surface area contributed by atoms with Crippen molar-refractivity contribution in [1.82, 2.24) is 10.6 Å². The van der Waals surface area contributed by atoms with Gasteiger partial charge in [-0.25, -0.2) is 0 Å². The minimum Gasteiger partial charge on any atom is -0.481 e. The molecule has 1 aliphatic carbocycles. The molecule has 2 atom stereocenters. The minimum atomic E-state index is -0.820. The number of aliphatic carboxylic acids is 1. The molecule has 0 radical (unpaired) electrons. The molecule has 2 amide bonds. The van der Waals surface area contributed by atoms with Gasteiger partial charge in [-0.15, -0.1) is 0 Å². The first kappa shape index (κ1) is 15.5. The molecule has 0 aromatic heterocycles. The van der Waals surface area contributed by atoms with E-state index in [-0.39, 0.29) is 24.2 Å². The van der Waals surface area contributed by atoms with Gasteiger partial charge >= 0.3 is 5.97 Å². The predicted octanol–water partition coefficient (Wildman–Crippen LogP) is 0.520. The van der Waals surface area contributed by atoms with Crippen LogP contribution in [-0.4, -0.2) is 36.0 Å². The number of hydrogen-bond acceptors (Lipinski definition) is 3. The lowest BCUT2D eigenvalue weighted by Gasteiger charge is -2.25. The van der Waals surface area contributed by atoms with Crippen LogP contribution in [0.25, 0.3) is 0 Å². The molecule has 0 bridgehead atoms. The summed E-state index contributed by atoms with van der Waals surface area (Å²) in [7, 11) is 0. The van der Waals surface area contributed by atoms with Crippen LogP contribution in [0, 0.1) is 11.8 Å². The van der Waals surface area contributed by atoms with Crippen molar-refractivity contribution < 1.29 is 19.5 Å². The van der Waals surface area contributed by atoms with Crippen molar-refractivity contribution in [1.29, 1.82) is 0 Å². The molecule has 1 fully saturated rings. The second kappa shape index (κ2) is 7.76. The lowest BCUT2D eigenvalue weighted by Crippen LogP contribution is -2.37. The molecule has 1 saturated carbocycles. The van der Waals surface area contributed by atoms with Gasteiger partial charge in [0.2, 0.25) is 11.8 Å². The van der Waals surface area contributed by atoms with Crippen molar-refractivity contribution in [2.24, 2.45) is 11.8 Å². The van der Waals surface area contributed by atoms with Crippen LogP contribution in [0.1, 0.15) is 39.0 Å². The van der Waals surface area contributed by atoms with Crippen LogP contribution in [0.3, 0.4) is 0 Å². The number of carbonyl (C=O) groups is 3. The molecule has 0 aromatic carbocycles. The normalized spacial score (nSPS) is 22.6. The molecule has 0 saturated heterocycles. The van der Waals surface area contributed by atoms with Crippen molar-refractivity contribution in [3.05, 3.63) is 0 Å². The highest BCUT2D eigenvalue weighted by Gasteiger charge is 2.30. The summed E-state index contributed by atoms with van der Waals surface area (Å²) >= 11 is 0. The Kier molecular flexibility index (Phi) is 6.32. The van der Waals surface area contributed by atoms with E-state index in [9.17, 15) is 14.4 Å². The highest BCUT2D eigenvalue weighted by Crippen LogP contribution is 2.29. The van der Waals surface area contributed by atoms with Crippen molar-refractivity contribution in [2.45, 2.75) is 39.0 Å². The maximum absolute atomic E-state index is 11.9. The fraction of sp³-hybridized carbons (Fsp3) is 0.769. The topological polar surface area (TPSA) is 95.5 Å². The number of carboxylic acids is 1. The molecular formula is C13H22N2O4. The van der Waals surface area contributed by atoms with Gasteiger partial charge in [0.25, 0.3) is 0 Å². The van der Waals surface area contributed by atoms with Crippen LogP contribution in [0.4, 0.5) is 0 Å². The van der Waals surface area contributed by atoms with Crippen molar-refractivity contribution in [2.75, 3.05) is 13.1 Å². The average Bonchev–Trinajstić information content (AvgIpc) is 2.39. The fourth-order valence-corrected chi connectivity index (χ4v) is 2.38. The van der Waals surface area contributed by atoms with Crippen LogP contribution in [0.2, 0.25) is 0 Å². The number of hydrogen-bond donors (Lipinski definition) is 3. The second-order valence-corrected chi connectivity index (χ2v) is 4.89. The van der Waals surface area contributed by atoms with Gasteiger partial charge in [0.1, 0.15) is 0 Å². The van der Waals surface area contributed by atoms with E-state index in [1.54, 1.807) is 0 Å². The minimum absolute atomic E-state index is 0.0881. The number of carbonyl (C=O) groups excluding carboxylic acids is 2. The summed E-state index contributed by atoms with van der Waals surface area (Å²) in [5.41, 5.74) is 0. The van der Waals surface area contributed by atoms with Crippen LogP contribution >= 0.6 is 0 Å². The Balaban J connectivity index is 2.29. The summed E-state index contributed by atoms with van der Waals surface area (Å²) in [5, 5.41) is 14.3. The first-order valence-electron chi connectivity index (χ1n) is 6.81. The van der Waals surface area contributed by atoms with Gasteiger partial charge in [0, 0.05) is 25.4 Å². The molecule has 0 heterocycles. The number of carboxylic acid groups (broad SMARTS) is 1. The predicted molar refractivity (Wildman–Crippen MR) is 69.4 cm³/mol. The van der Waals surface area contributed by atoms with Gasteiger partial charge < -0.3 is 15.7 Å². The van der Waals surface area contributed by atoms with Crippen LogP contribution in [0.15, 0.2) is 0 Å². The standard InChI is InChI=1S/C13H22N2O4/c1-2-14-11(16)6-7-15-12(17)9-4-3-5-10(8-9)13(18)19/h9-10H,2-8H2,1H3,(H,14,16)(H,15,17)(H,18,19). The molecule has 1 aliphatic rings. The summed E-state index contributed by atoms with van der Waals surface area (Å²) in [5.74, 6) is -1.68. The van der Waals surface area contributed by atoms with Crippen molar-refractivity contribution in [3.8, 4) is 0 Å². The average molecular weight is 270 g/mol. The molecule has 3 N–H and O–H groups in total. The Bertz CT molecular complexity index is 344. The molecule has 0 aromatic rings. The van der Waals surface area contributed by atoms with Crippen molar-refractivity contribution in [3.63, 3.8) is 0 Å². The third-order valence-corrected chi connectivity index (χ3v) is 3.42. The molecule has 6 nitrogen and oxygen atoms in total. The zero-order valence-electron chi connectivity index (χ0n) is 11.3. The Hall–Kier alpha value is -1.59. The monoisotopic (exact) mass is 270 g/mol. The Labute approximate surface area is 112 Å². The van der Waals surface area contributed by atoms with Gasteiger partial charge in [-0.1, -0.05) is 6.42 Å². The largest absolute Gasteiger partial charge is 0.481 e. The van der Waals surface area contributed by atoms with E-state index in [1.807, 2.05) is 6.92 Å². The summed E-state index contributed by atoms with van der Waals surface area (Å²) in [6, 6.07) is 0. The molecular weight excluding hydrogens is 248 g/mol. The summed E-state index contributed by atoms with van der Waals surface area (Å²) in [6.07, 6.45) is 2.82. The lowest BCUT2D eigenvalue weighted by atomic mass is 9.81. The van der Waals surface area contributed by atoms with Crippen LogP contribution in [0.5, 0.6) is 0 Å². The van der Waals surface area contributed by atoms with E-state index in [4.69, 9.17) is 5.11 Å². The quantitative estimate of drug-likeness (QED) is 0.655. The number of nitrogens with one attached hydrogen (secondary N) is 2. The van der Waals surface area contributed by atoms with Gasteiger partial charge in [0.05, 0.1) is 5.92 Å². The molecule has 0 aliphatic heterocycles. The van der Waals surface area contributed by atoms with E-state index in [2.05, 4.69) is 10.6 Å². The second-order valence-electron chi connectivity index (χ2n) is 4.89. The molecule has 19 heavy (non-hydrogen) atoms. The Morgan fingerprint density at radius 3 is 2.47 bits per heavy atom. The maximum atomic E-state index is 11.9. The molecule has 2 unspecified atom stereocenters. The number of amides is 2. The number of rotatable bonds is 6. The Morgan fingerprint density at radius 1 is 1.16 bits per heavy atom. The summed E-state index contributed by atoms with van der Waals surface area (Å²) < 4.78 is 0. The highest BCUT2D eigenvalue weighted by atomic mass is 16.4. The van der Waals surface area contributed by atoms with E-state index >= 15 is 0 Å². The maximum Gasteiger partial charge on any atom is 0.306 e. The van der Waals surface area contributed by atoms with Crippen LogP contribution < -0.4 is 10.6 Å². The van der Waals surface area contributed by atoms with E-state index in [0.717, 1.165) is 12.8 Å². The van der Waals surface area contributed by atoms with Gasteiger partial charge in [-0.2, -0.15) is 0 Å². The van der Waals surface area contributed by atoms with E-state index in [0.29, 0.717) is 25.9 Å². The summed E-state index contributed by atoms with van der Waals surface area (Å²) in [4.78, 5) is 34.0.